The number of sulfonamides is 1. The fourth-order valence-electron chi connectivity index (χ4n) is 2.75. The lowest BCUT2D eigenvalue weighted by atomic mass is 10.1. The van der Waals surface area contributed by atoms with E-state index in [1.54, 1.807) is 11.8 Å². The molecule has 24 heavy (non-hydrogen) atoms. The highest BCUT2D eigenvalue weighted by atomic mass is 32.2. The molecule has 1 aromatic rings. The Morgan fingerprint density at radius 2 is 1.96 bits per heavy atom. The molecule has 0 spiro atoms. The third-order valence-electron chi connectivity index (χ3n) is 4.12. The Balaban J connectivity index is 2.25. The van der Waals surface area contributed by atoms with Crippen LogP contribution in [0.2, 0.25) is 0 Å². The molecule has 2 rings (SSSR count). The molecule has 1 saturated heterocycles. The van der Waals surface area contributed by atoms with Gasteiger partial charge >= 0.3 is 0 Å². The van der Waals surface area contributed by atoms with Crippen molar-refractivity contribution in [1.29, 1.82) is 0 Å². The van der Waals surface area contributed by atoms with Crippen molar-refractivity contribution in [2.75, 3.05) is 33.3 Å². The molecule has 0 aromatic heterocycles. The average Bonchev–Trinajstić information content (AvgIpc) is 2.59. The molecule has 0 atom stereocenters. The highest BCUT2D eigenvalue weighted by molar-refractivity contribution is 7.89. The van der Waals surface area contributed by atoms with Crippen molar-refractivity contribution in [2.45, 2.75) is 31.1 Å². The maximum absolute atomic E-state index is 13.5. The van der Waals surface area contributed by atoms with Crippen molar-refractivity contribution in [3.05, 3.63) is 24.0 Å². The smallest absolute Gasteiger partial charge is 0.247 e. The van der Waals surface area contributed by atoms with E-state index in [1.165, 1.54) is 13.2 Å². The number of ether oxygens (including phenoxy) is 1. The summed E-state index contributed by atoms with van der Waals surface area (Å²) in [6.45, 7) is 2.81. The van der Waals surface area contributed by atoms with Gasteiger partial charge in [-0.3, -0.25) is 4.79 Å². The summed E-state index contributed by atoms with van der Waals surface area (Å²) in [6, 6.07) is 3.32. The number of likely N-dealkylation sites (tertiary alicyclic amines) is 1. The molecule has 0 saturated carbocycles. The summed E-state index contributed by atoms with van der Waals surface area (Å²) in [4.78, 5) is 13.8. The first-order chi connectivity index (χ1) is 11.4. The SMILES string of the molecule is CCN(CC(=O)N1CCCCC1)S(=O)(=O)c1cc(F)ccc1OC. The van der Waals surface area contributed by atoms with Crippen LogP contribution in [0.3, 0.4) is 0 Å². The van der Waals surface area contributed by atoms with Crippen LogP contribution >= 0.6 is 0 Å². The molecule has 1 aliphatic rings. The van der Waals surface area contributed by atoms with E-state index in [1.807, 2.05) is 0 Å². The number of methoxy groups -OCH3 is 1. The van der Waals surface area contributed by atoms with Gasteiger partial charge in [-0.15, -0.1) is 0 Å². The van der Waals surface area contributed by atoms with Crippen LogP contribution in [0.5, 0.6) is 5.75 Å². The molecule has 8 heteroatoms. The molecule has 0 bridgehead atoms. The predicted molar refractivity (Wildman–Crippen MR) is 87.8 cm³/mol. The minimum atomic E-state index is -4.03. The molecular weight excluding hydrogens is 335 g/mol. The van der Waals surface area contributed by atoms with E-state index in [0.717, 1.165) is 35.7 Å². The van der Waals surface area contributed by atoms with Gasteiger partial charge in [-0.2, -0.15) is 4.31 Å². The molecule has 1 fully saturated rings. The van der Waals surface area contributed by atoms with Crippen LogP contribution in [0.25, 0.3) is 0 Å². The first kappa shape index (κ1) is 18.7. The van der Waals surface area contributed by atoms with Crippen LogP contribution in [0.1, 0.15) is 26.2 Å². The zero-order chi connectivity index (χ0) is 17.7. The van der Waals surface area contributed by atoms with Gasteiger partial charge in [-0.05, 0) is 37.5 Å². The Hall–Kier alpha value is -1.67. The first-order valence-electron chi connectivity index (χ1n) is 8.01. The van der Waals surface area contributed by atoms with Crippen molar-refractivity contribution in [2.24, 2.45) is 0 Å². The van der Waals surface area contributed by atoms with Crippen molar-refractivity contribution in [3.63, 3.8) is 0 Å². The molecule has 0 radical (unpaired) electrons. The summed E-state index contributed by atoms with van der Waals surface area (Å²) in [5.74, 6) is -0.844. The van der Waals surface area contributed by atoms with E-state index < -0.39 is 15.8 Å². The fraction of sp³-hybridized carbons (Fsp3) is 0.562. The van der Waals surface area contributed by atoms with E-state index in [0.29, 0.717) is 13.1 Å². The molecule has 1 amide bonds. The van der Waals surface area contributed by atoms with E-state index >= 15 is 0 Å². The normalized spacial score (nSPS) is 15.6. The minimum absolute atomic E-state index is 0.0558. The van der Waals surface area contributed by atoms with Gasteiger partial charge in [0.25, 0.3) is 0 Å². The summed E-state index contributed by atoms with van der Waals surface area (Å²) in [6.07, 6.45) is 2.95. The Kier molecular flexibility index (Phi) is 6.17. The molecule has 0 unspecified atom stereocenters. The second kappa shape index (κ2) is 7.94. The number of rotatable bonds is 6. The number of halogens is 1. The van der Waals surface area contributed by atoms with Gasteiger partial charge in [-0.1, -0.05) is 6.92 Å². The predicted octanol–water partition coefficient (Wildman–Crippen LogP) is 1.86. The number of likely N-dealkylation sites (N-methyl/N-ethyl adjacent to an activating group) is 1. The average molecular weight is 358 g/mol. The third-order valence-corrected chi connectivity index (χ3v) is 6.06. The lowest BCUT2D eigenvalue weighted by Crippen LogP contribution is -2.44. The van der Waals surface area contributed by atoms with Crippen LogP contribution in [-0.4, -0.2) is 56.8 Å². The Bertz CT molecular complexity index is 687. The molecule has 0 aliphatic carbocycles. The maximum Gasteiger partial charge on any atom is 0.247 e. The van der Waals surface area contributed by atoms with Gasteiger partial charge in [0.15, 0.2) is 0 Å². The zero-order valence-electron chi connectivity index (χ0n) is 14.0. The molecule has 1 aromatic carbocycles. The highest BCUT2D eigenvalue weighted by Gasteiger charge is 2.30. The Labute approximate surface area is 142 Å². The second-order valence-electron chi connectivity index (χ2n) is 5.67. The number of carbonyl (C=O) groups excluding carboxylic acids is 1. The maximum atomic E-state index is 13.5. The largest absolute Gasteiger partial charge is 0.495 e. The van der Waals surface area contributed by atoms with Crippen LogP contribution in [0.15, 0.2) is 23.1 Å². The molecule has 1 heterocycles. The second-order valence-corrected chi connectivity index (χ2v) is 7.57. The molecule has 0 N–H and O–H groups in total. The van der Waals surface area contributed by atoms with Crippen LogP contribution < -0.4 is 4.74 Å². The zero-order valence-corrected chi connectivity index (χ0v) is 14.8. The minimum Gasteiger partial charge on any atom is -0.495 e. The Morgan fingerprint density at radius 3 is 2.54 bits per heavy atom. The lowest BCUT2D eigenvalue weighted by molar-refractivity contribution is -0.132. The summed E-state index contributed by atoms with van der Waals surface area (Å²) < 4.78 is 45.3. The summed E-state index contributed by atoms with van der Waals surface area (Å²) in [5, 5.41) is 0. The topological polar surface area (TPSA) is 66.9 Å². The quantitative estimate of drug-likeness (QED) is 0.778. The number of amides is 1. The van der Waals surface area contributed by atoms with Gasteiger partial charge in [0.2, 0.25) is 15.9 Å². The number of hydrogen-bond acceptors (Lipinski definition) is 4. The van der Waals surface area contributed by atoms with E-state index in [4.69, 9.17) is 4.74 Å². The molecule has 134 valence electrons. The van der Waals surface area contributed by atoms with Crippen LogP contribution in [-0.2, 0) is 14.8 Å². The third kappa shape index (κ3) is 4.05. The van der Waals surface area contributed by atoms with Gasteiger partial charge in [-0.25, -0.2) is 12.8 Å². The standard InChI is InChI=1S/C16H23FN2O4S/c1-3-19(12-16(20)18-9-5-4-6-10-18)24(21,22)15-11-13(17)7-8-14(15)23-2/h7-8,11H,3-6,9-10,12H2,1-2H3. The van der Waals surface area contributed by atoms with Gasteiger partial charge in [0, 0.05) is 19.6 Å². The van der Waals surface area contributed by atoms with E-state index in [-0.39, 0.29) is 29.6 Å². The van der Waals surface area contributed by atoms with Crippen molar-refractivity contribution >= 4 is 15.9 Å². The van der Waals surface area contributed by atoms with Crippen LogP contribution in [0, 0.1) is 5.82 Å². The van der Waals surface area contributed by atoms with E-state index in [2.05, 4.69) is 0 Å². The van der Waals surface area contributed by atoms with Crippen molar-refractivity contribution in [3.8, 4) is 5.75 Å². The van der Waals surface area contributed by atoms with Crippen molar-refractivity contribution < 1.29 is 22.3 Å². The van der Waals surface area contributed by atoms with Crippen LogP contribution in [0.4, 0.5) is 4.39 Å². The van der Waals surface area contributed by atoms with Gasteiger partial charge in [0.1, 0.15) is 16.5 Å². The van der Waals surface area contributed by atoms with Gasteiger partial charge < -0.3 is 9.64 Å². The van der Waals surface area contributed by atoms with Crippen molar-refractivity contribution in [1.82, 2.24) is 9.21 Å². The highest BCUT2D eigenvalue weighted by Crippen LogP contribution is 2.27. The van der Waals surface area contributed by atoms with E-state index in [9.17, 15) is 17.6 Å². The molecular formula is C16H23FN2O4S. The number of piperidine rings is 1. The first-order valence-corrected chi connectivity index (χ1v) is 9.45. The number of benzene rings is 1. The molecule has 1 aliphatic heterocycles. The Morgan fingerprint density at radius 1 is 1.29 bits per heavy atom. The molecule has 6 nitrogen and oxygen atoms in total. The summed E-state index contributed by atoms with van der Waals surface area (Å²) in [7, 11) is -2.71. The number of hydrogen-bond donors (Lipinski definition) is 0. The summed E-state index contributed by atoms with van der Waals surface area (Å²) in [5.41, 5.74) is 0. The fourth-order valence-corrected chi connectivity index (χ4v) is 4.32. The number of nitrogens with zero attached hydrogens (tertiary/aromatic N) is 2. The van der Waals surface area contributed by atoms with Gasteiger partial charge in [0.05, 0.1) is 13.7 Å². The monoisotopic (exact) mass is 358 g/mol. The number of carbonyl (C=O) groups is 1. The lowest BCUT2D eigenvalue weighted by Gasteiger charge is -2.29. The summed E-state index contributed by atoms with van der Waals surface area (Å²) >= 11 is 0.